The molecular formula is C27H36F3N5O3. The zero-order valence-corrected chi connectivity index (χ0v) is 22.6. The third-order valence-corrected chi connectivity index (χ3v) is 6.23. The highest BCUT2D eigenvalue weighted by Gasteiger charge is 2.37. The summed E-state index contributed by atoms with van der Waals surface area (Å²) >= 11 is 0. The average Bonchev–Trinajstić information content (AvgIpc) is 3.26. The second kappa shape index (κ2) is 12.0. The Morgan fingerprint density at radius 2 is 1.61 bits per heavy atom. The minimum Gasteiger partial charge on any atom is -0.443 e. The standard InChI is InChI=1S/C25H30F3N5O3.C2H6/c1-24(2,3)36-23(35)33-19(14-17-6-4-5-7-20(17)33)8-9-21(34)31-10-12-32(13-11-31)22-29-15-18(16-30-22)25(26,27)28;1-2/h4-7,15-16,19H,8-14H2,1-3H3;1-2H3. The Balaban J connectivity index is 0.00000195. The van der Waals surface area contributed by atoms with Crippen molar-refractivity contribution in [2.45, 2.75) is 71.7 Å². The van der Waals surface area contributed by atoms with E-state index in [0.717, 1.165) is 23.6 Å². The lowest BCUT2D eigenvalue weighted by Gasteiger charge is -2.35. The molecule has 1 unspecified atom stereocenters. The molecule has 1 aromatic carbocycles. The zero-order chi connectivity index (χ0) is 28.1. The highest BCUT2D eigenvalue weighted by molar-refractivity contribution is 5.91. The Labute approximate surface area is 221 Å². The van der Waals surface area contributed by atoms with Crippen LogP contribution in [0.4, 0.5) is 29.6 Å². The molecule has 208 valence electrons. The molecule has 0 bridgehead atoms. The van der Waals surface area contributed by atoms with Crippen molar-refractivity contribution in [2.75, 3.05) is 36.0 Å². The molecule has 1 atom stereocenters. The Kier molecular flexibility index (Phi) is 9.22. The average molecular weight is 536 g/mol. The predicted molar refractivity (Wildman–Crippen MR) is 139 cm³/mol. The van der Waals surface area contributed by atoms with Crippen molar-refractivity contribution < 1.29 is 27.5 Å². The van der Waals surface area contributed by atoms with Gasteiger partial charge in [-0.1, -0.05) is 32.0 Å². The quantitative estimate of drug-likeness (QED) is 0.528. The number of aromatic nitrogens is 2. The molecule has 2 aliphatic heterocycles. The summed E-state index contributed by atoms with van der Waals surface area (Å²) in [6, 6.07) is 7.51. The van der Waals surface area contributed by atoms with E-state index in [-0.39, 0.29) is 24.3 Å². The topological polar surface area (TPSA) is 78.9 Å². The van der Waals surface area contributed by atoms with E-state index in [2.05, 4.69) is 9.97 Å². The van der Waals surface area contributed by atoms with Crippen molar-refractivity contribution in [3.05, 3.63) is 47.8 Å². The Hall–Kier alpha value is -3.37. The first-order chi connectivity index (χ1) is 17.9. The number of amides is 2. The van der Waals surface area contributed by atoms with Gasteiger partial charge >= 0.3 is 12.3 Å². The van der Waals surface area contributed by atoms with Gasteiger partial charge in [0.2, 0.25) is 11.9 Å². The van der Waals surface area contributed by atoms with E-state index >= 15 is 0 Å². The van der Waals surface area contributed by atoms with Gasteiger partial charge in [0, 0.05) is 51.0 Å². The summed E-state index contributed by atoms with van der Waals surface area (Å²) in [4.78, 5) is 38.7. The molecule has 3 heterocycles. The van der Waals surface area contributed by atoms with Gasteiger partial charge in [-0.3, -0.25) is 9.69 Å². The fraction of sp³-hybridized carbons (Fsp3) is 0.556. The number of halogens is 3. The van der Waals surface area contributed by atoms with Crippen molar-refractivity contribution in [1.29, 1.82) is 0 Å². The number of hydrogen-bond acceptors (Lipinski definition) is 6. The lowest BCUT2D eigenvalue weighted by molar-refractivity contribution is -0.138. The van der Waals surface area contributed by atoms with Crippen LogP contribution in [0.3, 0.4) is 0 Å². The van der Waals surface area contributed by atoms with Crippen LogP contribution in [0.15, 0.2) is 36.7 Å². The van der Waals surface area contributed by atoms with Gasteiger partial charge in [-0.2, -0.15) is 13.2 Å². The van der Waals surface area contributed by atoms with E-state index in [9.17, 15) is 22.8 Å². The molecule has 1 saturated heterocycles. The van der Waals surface area contributed by atoms with Crippen molar-refractivity contribution >= 4 is 23.6 Å². The van der Waals surface area contributed by atoms with Crippen LogP contribution in [0.5, 0.6) is 0 Å². The van der Waals surface area contributed by atoms with E-state index in [1.54, 1.807) is 14.7 Å². The van der Waals surface area contributed by atoms with Crippen molar-refractivity contribution in [3.63, 3.8) is 0 Å². The minimum absolute atomic E-state index is 0.0249. The SMILES string of the molecule is CC.CC(C)(C)OC(=O)N1c2ccccc2CC1CCC(=O)N1CCN(c2ncc(C(F)(F)F)cn2)CC1. The number of hydrogen-bond donors (Lipinski definition) is 0. The second-order valence-corrected chi connectivity index (χ2v) is 10.0. The summed E-state index contributed by atoms with van der Waals surface area (Å²) in [5.74, 6) is 0.190. The van der Waals surface area contributed by atoms with Gasteiger partial charge in [0.05, 0.1) is 11.3 Å². The molecule has 2 aromatic rings. The van der Waals surface area contributed by atoms with Crippen LogP contribution in [0, 0.1) is 0 Å². The second-order valence-electron chi connectivity index (χ2n) is 10.0. The number of anilines is 2. The molecule has 2 aliphatic rings. The van der Waals surface area contributed by atoms with Gasteiger partial charge < -0.3 is 14.5 Å². The van der Waals surface area contributed by atoms with Crippen molar-refractivity contribution in [3.8, 4) is 0 Å². The summed E-state index contributed by atoms with van der Waals surface area (Å²) in [5.41, 5.74) is 0.334. The third-order valence-electron chi connectivity index (χ3n) is 6.23. The number of para-hydroxylation sites is 1. The zero-order valence-electron chi connectivity index (χ0n) is 22.6. The molecule has 1 aromatic heterocycles. The van der Waals surface area contributed by atoms with E-state index < -0.39 is 23.4 Å². The highest BCUT2D eigenvalue weighted by atomic mass is 19.4. The normalized spacial score (nSPS) is 17.5. The maximum Gasteiger partial charge on any atom is 0.419 e. The van der Waals surface area contributed by atoms with E-state index in [1.165, 1.54) is 0 Å². The molecular weight excluding hydrogens is 499 g/mol. The summed E-state index contributed by atoms with van der Waals surface area (Å²) in [6.07, 6.45) is -1.93. The Bertz CT molecular complexity index is 1090. The molecule has 11 heteroatoms. The molecule has 2 amide bonds. The lowest BCUT2D eigenvalue weighted by atomic mass is 10.1. The van der Waals surface area contributed by atoms with Crippen molar-refractivity contribution in [2.24, 2.45) is 0 Å². The molecule has 0 saturated carbocycles. The van der Waals surface area contributed by atoms with Crippen LogP contribution in [-0.4, -0.2) is 64.7 Å². The molecule has 4 rings (SSSR count). The fourth-order valence-electron chi connectivity index (χ4n) is 4.48. The van der Waals surface area contributed by atoms with Gasteiger partial charge in [-0.25, -0.2) is 14.8 Å². The molecule has 8 nitrogen and oxygen atoms in total. The molecule has 38 heavy (non-hydrogen) atoms. The van der Waals surface area contributed by atoms with E-state index in [1.807, 2.05) is 58.9 Å². The largest absolute Gasteiger partial charge is 0.443 e. The van der Waals surface area contributed by atoms with Crippen LogP contribution >= 0.6 is 0 Å². The summed E-state index contributed by atoms with van der Waals surface area (Å²) in [7, 11) is 0. The van der Waals surface area contributed by atoms with Crippen LogP contribution in [0.2, 0.25) is 0 Å². The number of carbonyl (C=O) groups is 2. The Morgan fingerprint density at radius 1 is 1.00 bits per heavy atom. The van der Waals surface area contributed by atoms with Gasteiger partial charge in [-0.05, 0) is 45.2 Å². The van der Waals surface area contributed by atoms with Crippen LogP contribution in [-0.2, 0) is 22.1 Å². The van der Waals surface area contributed by atoms with Gasteiger partial charge in [-0.15, -0.1) is 0 Å². The summed E-state index contributed by atoms with van der Waals surface area (Å²) < 4.78 is 43.8. The minimum atomic E-state index is -4.48. The number of alkyl halides is 3. The molecule has 0 spiro atoms. The first kappa shape index (κ1) is 29.2. The van der Waals surface area contributed by atoms with Crippen LogP contribution < -0.4 is 9.80 Å². The predicted octanol–water partition coefficient (Wildman–Crippen LogP) is 5.32. The summed E-state index contributed by atoms with van der Waals surface area (Å²) in [5, 5.41) is 0. The number of nitrogens with zero attached hydrogens (tertiary/aromatic N) is 5. The molecule has 0 N–H and O–H groups in total. The van der Waals surface area contributed by atoms with Crippen molar-refractivity contribution in [1.82, 2.24) is 14.9 Å². The molecule has 1 fully saturated rings. The smallest absolute Gasteiger partial charge is 0.419 e. The molecule has 0 radical (unpaired) electrons. The fourth-order valence-corrected chi connectivity index (χ4v) is 4.48. The van der Waals surface area contributed by atoms with Gasteiger partial charge in [0.15, 0.2) is 0 Å². The number of carbonyl (C=O) groups excluding carboxylic acids is 2. The Morgan fingerprint density at radius 3 is 2.18 bits per heavy atom. The number of rotatable bonds is 4. The summed E-state index contributed by atoms with van der Waals surface area (Å²) in [6.45, 7) is 11.2. The van der Waals surface area contributed by atoms with E-state index in [4.69, 9.17) is 4.74 Å². The first-order valence-corrected chi connectivity index (χ1v) is 12.9. The number of benzene rings is 1. The number of ether oxygens (including phenoxy) is 1. The first-order valence-electron chi connectivity index (χ1n) is 12.9. The van der Waals surface area contributed by atoms with E-state index in [0.29, 0.717) is 39.0 Å². The van der Waals surface area contributed by atoms with Crippen LogP contribution in [0.25, 0.3) is 0 Å². The third kappa shape index (κ3) is 7.14. The van der Waals surface area contributed by atoms with Gasteiger partial charge in [0.25, 0.3) is 0 Å². The maximum atomic E-state index is 13.0. The highest BCUT2D eigenvalue weighted by Crippen LogP contribution is 2.35. The molecule has 0 aliphatic carbocycles. The number of piperazine rings is 1. The lowest BCUT2D eigenvalue weighted by Crippen LogP contribution is -2.49. The monoisotopic (exact) mass is 535 g/mol. The maximum absolute atomic E-state index is 13.0. The van der Waals surface area contributed by atoms with Crippen LogP contribution in [0.1, 0.15) is 58.6 Å². The number of fused-ring (bicyclic) bond motifs is 1. The van der Waals surface area contributed by atoms with Gasteiger partial charge in [0.1, 0.15) is 5.60 Å².